The minimum atomic E-state index is -0.324. The molecule has 2 aromatic rings. The average molecular weight is 416 g/mol. The lowest BCUT2D eigenvalue weighted by molar-refractivity contribution is -0.136. The Kier molecular flexibility index (Phi) is 10.3. The molecule has 0 saturated heterocycles. The lowest BCUT2D eigenvalue weighted by atomic mass is 10.1. The number of benzene rings is 1. The van der Waals surface area contributed by atoms with Gasteiger partial charge in [0.2, 0.25) is 0 Å². The summed E-state index contributed by atoms with van der Waals surface area (Å²) >= 11 is 3.23. The summed E-state index contributed by atoms with van der Waals surface area (Å²) in [4.78, 5) is 16.8. The van der Waals surface area contributed by atoms with Crippen molar-refractivity contribution in [3.05, 3.63) is 77.3 Å². The number of esters is 1. The summed E-state index contributed by atoms with van der Waals surface area (Å²) in [6, 6.07) is 13.5. The van der Waals surface area contributed by atoms with Gasteiger partial charge in [-0.25, -0.2) is 4.79 Å². The van der Waals surface area contributed by atoms with E-state index in [1.165, 1.54) is 0 Å². The van der Waals surface area contributed by atoms with Gasteiger partial charge in [0, 0.05) is 29.5 Å². The van der Waals surface area contributed by atoms with Gasteiger partial charge in [-0.1, -0.05) is 30.3 Å². The molecule has 1 aromatic carbocycles. The molecule has 0 aliphatic heterocycles. The van der Waals surface area contributed by atoms with Crippen molar-refractivity contribution in [3.63, 3.8) is 0 Å². The Morgan fingerprint density at radius 2 is 2.00 bits per heavy atom. The molecule has 0 atom stereocenters. The standard InChI is InChI=1S/C22H25NO3S2/c1-3-15-27-22(28-16-9-14-26-19-11-6-5-7-12-19)20(21(24)25-4-2)18-10-8-13-23-17-18/h3,5-8,10-13,17H,1,4,9,14-16H2,2H3/b22-20-. The van der Waals surface area contributed by atoms with Crippen molar-refractivity contribution in [2.24, 2.45) is 0 Å². The van der Waals surface area contributed by atoms with Crippen molar-refractivity contribution in [1.82, 2.24) is 4.98 Å². The second kappa shape index (κ2) is 13.1. The molecule has 0 fully saturated rings. The number of thioether (sulfide) groups is 2. The zero-order valence-electron chi connectivity index (χ0n) is 16.0. The van der Waals surface area contributed by atoms with Crippen LogP contribution >= 0.6 is 23.5 Å². The molecule has 0 aliphatic carbocycles. The van der Waals surface area contributed by atoms with Crippen LogP contribution in [-0.4, -0.2) is 35.7 Å². The molecular formula is C22H25NO3S2. The van der Waals surface area contributed by atoms with Crippen LogP contribution in [0.15, 0.2) is 71.8 Å². The quantitative estimate of drug-likeness (QED) is 0.199. The van der Waals surface area contributed by atoms with Crippen LogP contribution < -0.4 is 4.74 Å². The van der Waals surface area contributed by atoms with Gasteiger partial charge in [-0.2, -0.15) is 0 Å². The van der Waals surface area contributed by atoms with E-state index in [-0.39, 0.29) is 5.97 Å². The molecule has 1 aromatic heterocycles. The number of hydrogen-bond acceptors (Lipinski definition) is 6. The highest BCUT2D eigenvalue weighted by atomic mass is 32.2. The molecule has 4 nitrogen and oxygen atoms in total. The van der Waals surface area contributed by atoms with Crippen molar-refractivity contribution in [2.75, 3.05) is 24.7 Å². The summed E-state index contributed by atoms with van der Waals surface area (Å²) in [5.41, 5.74) is 1.33. The van der Waals surface area contributed by atoms with Crippen LogP contribution in [0.3, 0.4) is 0 Å². The summed E-state index contributed by atoms with van der Waals surface area (Å²) < 4.78 is 12.0. The van der Waals surface area contributed by atoms with E-state index in [0.29, 0.717) is 24.5 Å². The van der Waals surface area contributed by atoms with Gasteiger partial charge in [0.25, 0.3) is 0 Å². The van der Waals surface area contributed by atoms with Gasteiger partial charge in [-0.15, -0.1) is 30.1 Å². The zero-order chi connectivity index (χ0) is 20.0. The normalized spacial score (nSPS) is 11.5. The third kappa shape index (κ3) is 7.44. The molecule has 0 radical (unpaired) electrons. The topological polar surface area (TPSA) is 48.4 Å². The monoisotopic (exact) mass is 415 g/mol. The Labute approximate surface area is 175 Å². The Morgan fingerprint density at radius 3 is 2.68 bits per heavy atom. The highest BCUT2D eigenvalue weighted by Crippen LogP contribution is 2.37. The highest BCUT2D eigenvalue weighted by molar-refractivity contribution is 8.22. The molecule has 0 unspecified atom stereocenters. The molecule has 0 bridgehead atoms. The molecule has 0 spiro atoms. The fourth-order valence-electron chi connectivity index (χ4n) is 2.28. The number of hydrogen-bond donors (Lipinski definition) is 0. The predicted molar refractivity (Wildman–Crippen MR) is 119 cm³/mol. The average Bonchev–Trinajstić information content (AvgIpc) is 2.73. The summed E-state index contributed by atoms with van der Waals surface area (Å²) in [5.74, 6) is 2.09. The van der Waals surface area contributed by atoms with E-state index in [0.717, 1.165) is 27.7 Å². The number of aromatic nitrogens is 1. The third-order valence-electron chi connectivity index (χ3n) is 3.50. The minimum Gasteiger partial charge on any atom is -0.494 e. The second-order valence-electron chi connectivity index (χ2n) is 5.59. The maximum atomic E-state index is 12.6. The van der Waals surface area contributed by atoms with Crippen LogP contribution in [0, 0.1) is 0 Å². The van der Waals surface area contributed by atoms with Crippen molar-refractivity contribution in [2.45, 2.75) is 13.3 Å². The van der Waals surface area contributed by atoms with Gasteiger partial charge >= 0.3 is 5.97 Å². The van der Waals surface area contributed by atoms with E-state index in [9.17, 15) is 4.79 Å². The molecule has 28 heavy (non-hydrogen) atoms. The lowest BCUT2D eigenvalue weighted by Gasteiger charge is -2.14. The molecule has 1 heterocycles. The van der Waals surface area contributed by atoms with Gasteiger partial charge in [0.15, 0.2) is 0 Å². The first-order valence-corrected chi connectivity index (χ1v) is 11.1. The van der Waals surface area contributed by atoms with E-state index < -0.39 is 0 Å². The zero-order valence-corrected chi connectivity index (χ0v) is 17.6. The van der Waals surface area contributed by atoms with Crippen LogP contribution in [0.4, 0.5) is 0 Å². The lowest BCUT2D eigenvalue weighted by Crippen LogP contribution is -2.09. The molecule has 0 saturated carbocycles. The number of rotatable bonds is 12. The van der Waals surface area contributed by atoms with Crippen molar-refractivity contribution in [3.8, 4) is 5.75 Å². The van der Waals surface area contributed by atoms with E-state index in [2.05, 4.69) is 11.6 Å². The minimum absolute atomic E-state index is 0.324. The first kappa shape index (κ1) is 22.1. The van der Waals surface area contributed by atoms with Crippen molar-refractivity contribution in [1.29, 1.82) is 0 Å². The maximum absolute atomic E-state index is 12.6. The van der Waals surface area contributed by atoms with E-state index in [1.54, 1.807) is 35.9 Å². The largest absolute Gasteiger partial charge is 0.494 e. The number of nitrogens with zero attached hydrogens (tertiary/aromatic N) is 1. The summed E-state index contributed by atoms with van der Waals surface area (Å²) in [6.45, 7) is 6.55. The number of para-hydroxylation sites is 1. The molecule has 6 heteroatoms. The molecule has 2 rings (SSSR count). The molecule has 0 aliphatic rings. The molecule has 0 N–H and O–H groups in total. The number of carbonyl (C=O) groups excluding carboxylic acids is 1. The van der Waals surface area contributed by atoms with Gasteiger partial charge in [0.1, 0.15) is 5.75 Å². The van der Waals surface area contributed by atoms with Gasteiger partial charge in [-0.05, 0) is 31.5 Å². The summed E-state index contributed by atoms with van der Waals surface area (Å²) in [7, 11) is 0. The van der Waals surface area contributed by atoms with E-state index in [4.69, 9.17) is 9.47 Å². The Bertz CT molecular complexity index is 764. The predicted octanol–water partition coefficient (Wildman–Crippen LogP) is 5.43. The van der Waals surface area contributed by atoms with Gasteiger partial charge in [0.05, 0.1) is 23.0 Å². The summed E-state index contributed by atoms with van der Waals surface area (Å²) in [5, 5.41) is 0. The SMILES string of the molecule is C=CCS/C(SCCCOc1ccccc1)=C(/C(=O)OCC)c1cccnc1. The first-order chi connectivity index (χ1) is 13.8. The van der Waals surface area contributed by atoms with Gasteiger partial charge in [-0.3, -0.25) is 4.98 Å². The van der Waals surface area contributed by atoms with Crippen molar-refractivity contribution >= 4 is 35.1 Å². The Balaban J connectivity index is 2.08. The third-order valence-corrected chi connectivity index (χ3v) is 6.03. The van der Waals surface area contributed by atoms with Crippen LogP contribution in [0.25, 0.3) is 5.57 Å². The summed E-state index contributed by atoms with van der Waals surface area (Å²) in [6.07, 6.45) is 6.08. The maximum Gasteiger partial charge on any atom is 0.340 e. The fraction of sp³-hybridized carbons (Fsp3) is 0.273. The first-order valence-electron chi connectivity index (χ1n) is 9.12. The van der Waals surface area contributed by atoms with Crippen LogP contribution in [0.1, 0.15) is 18.9 Å². The number of pyridine rings is 1. The highest BCUT2D eigenvalue weighted by Gasteiger charge is 2.20. The second-order valence-corrected chi connectivity index (χ2v) is 7.98. The Hall–Kier alpha value is -2.18. The number of ether oxygens (including phenoxy) is 2. The Morgan fingerprint density at radius 1 is 1.18 bits per heavy atom. The molecule has 0 amide bonds. The van der Waals surface area contributed by atoms with Crippen LogP contribution in [-0.2, 0) is 9.53 Å². The van der Waals surface area contributed by atoms with E-state index in [1.807, 2.05) is 55.5 Å². The smallest absolute Gasteiger partial charge is 0.340 e. The number of carbonyl (C=O) groups is 1. The fourth-order valence-corrected chi connectivity index (χ4v) is 4.48. The van der Waals surface area contributed by atoms with Crippen LogP contribution in [0.5, 0.6) is 5.75 Å². The van der Waals surface area contributed by atoms with Gasteiger partial charge < -0.3 is 9.47 Å². The van der Waals surface area contributed by atoms with Crippen molar-refractivity contribution < 1.29 is 14.3 Å². The van der Waals surface area contributed by atoms with Crippen LogP contribution in [0.2, 0.25) is 0 Å². The van der Waals surface area contributed by atoms with E-state index >= 15 is 0 Å². The molecular weight excluding hydrogens is 390 g/mol. The molecule has 148 valence electrons.